The van der Waals surface area contributed by atoms with Crippen molar-refractivity contribution in [2.24, 2.45) is 0 Å². The van der Waals surface area contributed by atoms with Crippen LogP contribution >= 0.6 is 0 Å². The van der Waals surface area contributed by atoms with Crippen molar-refractivity contribution in [3.05, 3.63) is 0 Å². The first-order valence-corrected chi connectivity index (χ1v) is 6.38. The Labute approximate surface area is 90.9 Å². The van der Waals surface area contributed by atoms with E-state index in [1.165, 1.54) is 51.4 Å². The van der Waals surface area contributed by atoms with Crippen molar-refractivity contribution in [2.45, 2.75) is 71.3 Å². The smallest absolute Gasteiger partial charge is 0.00891 e. The molecule has 0 heterocycles. The van der Waals surface area contributed by atoms with Crippen LogP contribution in [0.2, 0.25) is 0 Å². The average Bonchev–Trinajstić information content (AvgIpc) is 2.15. The molecule has 0 fully saturated rings. The topological polar surface area (TPSA) is 3.24 Å². The van der Waals surface area contributed by atoms with Gasteiger partial charge in [-0.3, -0.25) is 0 Å². The van der Waals surface area contributed by atoms with Gasteiger partial charge in [-0.25, -0.2) is 0 Å². The molecule has 0 amide bonds. The van der Waals surface area contributed by atoms with E-state index in [4.69, 9.17) is 0 Å². The minimum Gasteiger partial charge on any atom is -0.306 e. The molecular weight excluding hydrogens is 170 g/mol. The van der Waals surface area contributed by atoms with Gasteiger partial charge >= 0.3 is 0 Å². The molecule has 0 unspecified atom stereocenters. The van der Waals surface area contributed by atoms with Crippen molar-refractivity contribution < 1.29 is 0 Å². The lowest BCUT2D eigenvalue weighted by molar-refractivity contribution is 0.252. The Bertz CT molecular complexity index is 99.8. The maximum atomic E-state index is 2.41. The van der Waals surface area contributed by atoms with Crippen molar-refractivity contribution in [2.75, 3.05) is 14.1 Å². The van der Waals surface area contributed by atoms with E-state index in [1.807, 2.05) is 0 Å². The predicted molar refractivity (Wildman–Crippen MR) is 65.8 cm³/mol. The first-order valence-electron chi connectivity index (χ1n) is 6.38. The van der Waals surface area contributed by atoms with Crippen LogP contribution in [0.25, 0.3) is 0 Å². The molecule has 0 aromatic carbocycles. The number of nitrogens with zero attached hydrogens (tertiary/aromatic N) is 1. The van der Waals surface area contributed by atoms with Crippen LogP contribution in [0.15, 0.2) is 0 Å². The first-order chi connectivity index (χ1) is 6.72. The van der Waals surface area contributed by atoms with Crippen molar-refractivity contribution in [3.8, 4) is 0 Å². The summed E-state index contributed by atoms with van der Waals surface area (Å²) in [6.45, 7) is 4.56. The summed E-state index contributed by atoms with van der Waals surface area (Å²) < 4.78 is 0. The van der Waals surface area contributed by atoms with Crippen LogP contribution in [0, 0.1) is 0 Å². The van der Waals surface area contributed by atoms with E-state index >= 15 is 0 Å². The van der Waals surface area contributed by atoms with E-state index in [2.05, 4.69) is 32.8 Å². The molecule has 0 rings (SSSR count). The molecule has 0 radical (unpaired) electrons. The zero-order chi connectivity index (χ0) is 10.8. The molecule has 0 atom stereocenters. The van der Waals surface area contributed by atoms with E-state index in [9.17, 15) is 0 Å². The van der Waals surface area contributed by atoms with Gasteiger partial charge in [0.2, 0.25) is 0 Å². The van der Waals surface area contributed by atoms with Crippen LogP contribution in [0.1, 0.15) is 65.2 Å². The maximum absolute atomic E-state index is 2.41. The summed E-state index contributed by atoms with van der Waals surface area (Å²) in [5, 5.41) is 0. The molecule has 0 bridgehead atoms. The summed E-state index contributed by atoms with van der Waals surface area (Å²) in [5.41, 5.74) is 0. The molecule has 0 aliphatic heterocycles. The molecule has 0 saturated carbocycles. The molecule has 0 N–H and O–H groups in total. The number of hydrogen-bond acceptors (Lipinski definition) is 1. The molecule has 1 nitrogen and oxygen atoms in total. The highest BCUT2D eigenvalue weighted by atomic mass is 15.1. The van der Waals surface area contributed by atoms with Gasteiger partial charge in [0.05, 0.1) is 0 Å². The van der Waals surface area contributed by atoms with Gasteiger partial charge in [0, 0.05) is 6.04 Å². The zero-order valence-electron chi connectivity index (χ0n) is 10.7. The fourth-order valence-corrected chi connectivity index (χ4v) is 1.92. The van der Waals surface area contributed by atoms with Crippen molar-refractivity contribution in [1.82, 2.24) is 4.90 Å². The van der Waals surface area contributed by atoms with E-state index in [1.54, 1.807) is 0 Å². The second kappa shape index (κ2) is 9.51. The number of unbranched alkanes of at least 4 members (excludes halogenated alkanes) is 4. The number of rotatable bonds is 9. The van der Waals surface area contributed by atoms with Gasteiger partial charge in [-0.2, -0.15) is 0 Å². The highest BCUT2D eigenvalue weighted by Crippen LogP contribution is 2.14. The minimum atomic E-state index is 0.827. The summed E-state index contributed by atoms with van der Waals surface area (Å²) in [5.74, 6) is 0. The Morgan fingerprint density at radius 2 is 1.21 bits per heavy atom. The van der Waals surface area contributed by atoms with Crippen molar-refractivity contribution in [3.63, 3.8) is 0 Å². The molecule has 1 heteroatoms. The molecule has 0 aromatic rings. The molecule has 0 aliphatic rings. The fraction of sp³-hybridized carbons (Fsp3) is 1.00. The van der Waals surface area contributed by atoms with Crippen LogP contribution in [0.3, 0.4) is 0 Å². The molecule has 14 heavy (non-hydrogen) atoms. The lowest BCUT2D eigenvalue weighted by Gasteiger charge is -2.24. The predicted octanol–water partition coefficient (Wildman–Crippen LogP) is 4.08. The minimum absolute atomic E-state index is 0.827. The fourth-order valence-electron chi connectivity index (χ4n) is 1.92. The third-order valence-electron chi connectivity index (χ3n) is 3.01. The highest BCUT2D eigenvalue weighted by Gasteiger charge is 2.09. The Morgan fingerprint density at radius 3 is 1.50 bits per heavy atom. The van der Waals surface area contributed by atoms with Gasteiger partial charge in [0.1, 0.15) is 0 Å². The van der Waals surface area contributed by atoms with Crippen LogP contribution in [-0.2, 0) is 0 Å². The third-order valence-corrected chi connectivity index (χ3v) is 3.01. The monoisotopic (exact) mass is 199 g/mol. The molecule has 0 aliphatic carbocycles. The largest absolute Gasteiger partial charge is 0.306 e. The van der Waals surface area contributed by atoms with Crippen LogP contribution in [-0.4, -0.2) is 25.0 Å². The molecule has 86 valence electrons. The van der Waals surface area contributed by atoms with E-state index in [0.717, 1.165) is 6.04 Å². The lowest BCUT2D eigenvalue weighted by Crippen LogP contribution is -2.27. The van der Waals surface area contributed by atoms with Crippen LogP contribution in [0.5, 0.6) is 0 Å². The molecule has 0 aromatic heterocycles. The van der Waals surface area contributed by atoms with Gasteiger partial charge < -0.3 is 4.90 Å². The Morgan fingerprint density at radius 1 is 0.786 bits per heavy atom. The standard InChI is InChI=1S/C13H29N/c1-5-7-9-11-13(14(3)4)12-10-8-6-2/h13H,5-12H2,1-4H3. The summed E-state index contributed by atoms with van der Waals surface area (Å²) in [7, 11) is 4.45. The van der Waals surface area contributed by atoms with Gasteiger partial charge in [0.25, 0.3) is 0 Å². The summed E-state index contributed by atoms with van der Waals surface area (Å²) >= 11 is 0. The maximum Gasteiger partial charge on any atom is 0.00891 e. The summed E-state index contributed by atoms with van der Waals surface area (Å²) in [4.78, 5) is 2.41. The Balaban J connectivity index is 3.55. The average molecular weight is 199 g/mol. The highest BCUT2D eigenvalue weighted by molar-refractivity contribution is 4.66. The van der Waals surface area contributed by atoms with E-state index in [0.29, 0.717) is 0 Å². The molecule has 0 saturated heterocycles. The van der Waals surface area contributed by atoms with Gasteiger partial charge in [-0.05, 0) is 26.9 Å². The Kier molecular flexibility index (Phi) is 9.49. The van der Waals surface area contributed by atoms with Gasteiger partial charge in [-0.1, -0.05) is 52.4 Å². The van der Waals surface area contributed by atoms with E-state index < -0.39 is 0 Å². The lowest BCUT2D eigenvalue weighted by atomic mass is 10.0. The number of hydrogen-bond donors (Lipinski definition) is 0. The van der Waals surface area contributed by atoms with E-state index in [-0.39, 0.29) is 0 Å². The van der Waals surface area contributed by atoms with Crippen LogP contribution < -0.4 is 0 Å². The zero-order valence-corrected chi connectivity index (χ0v) is 10.7. The Hall–Kier alpha value is -0.0400. The summed E-state index contributed by atoms with van der Waals surface area (Å²) in [6, 6.07) is 0.827. The van der Waals surface area contributed by atoms with Crippen molar-refractivity contribution >= 4 is 0 Å². The SMILES string of the molecule is CCCCCC(CCCCC)N(C)C. The van der Waals surface area contributed by atoms with Gasteiger partial charge in [-0.15, -0.1) is 0 Å². The third kappa shape index (κ3) is 7.37. The van der Waals surface area contributed by atoms with Crippen LogP contribution in [0.4, 0.5) is 0 Å². The molecule has 0 spiro atoms. The summed E-state index contributed by atoms with van der Waals surface area (Å²) in [6.07, 6.45) is 11.1. The normalized spacial score (nSPS) is 11.6. The van der Waals surface area contributed by atoms with Crippen molar-refractivity contribution in [1.29, 1.82) is 0 Å². The second-order valence-electron chi connectivity index (χ2n) is 4.61. The second-order valence-corrected chi connectivity index (χ2v) is 4.61. The first kappa shape index (κ1) is 14.0. The quantitative estimate of drug-likeness (QED) is 0.506. The van der Waals surface area contributed by atoms with Gasteiger partial charge in [0.15, 0.2) is 0 Å². The molecular formula is C13H29N.